The molecule has 3 nitrogen and oxygen atoms in total. The zero-order valence-electron chi connectivity index (χ0n) is 10.6. The van der Waals surface area contributed by atoms with E-state index in [0.29, 0.717) is 11.8 Å². The van der Waals surface area contributed by atoms with Crippen LogP contribution in [0.2, 0.25) is 0 Å². The first-order valence-electron chi connectivity index (χ1n) is 6.60. The summed E-state index contributed by atoms with van der Waals surface area (Å²) in [6.07, 6.45) is 2.91. The Kier molecular flexibility index (Phi) is 2.97. The molecular weight excluding hydrogens is 224 g/mol. The maximum absolute atomic E-state index is 8.65. The molecular formula is C15H18N2O. The van der Waals surface area contributed by atoms with Gasteiger partial charge in [0.15, 0.2) is 0 Å². The number of ether oxygens (including phenoxy) is 1. The molecule has 0 aliphatic carbocycles. The molecule has 2 aliphatic heterocycles. The van der Waals surface area contributed by atoms with Crippen molar-refractivity contribution in [2.75, 3.05) is 31.2 Å². The monoisotopic (exact) mass is 242 g/mol. The zero-order valence-corrected chi connectivity index (χ0v) is 10.6. The molecule has 3 rings (SSSR count). The van der Waals surface area contributed by atoms with Gasteiger partial charge in [0.25, 0.3) is 0 Å². The zero-order chi connectivity index (χ0) is 12.4. The average molecular weight is 242 g/mol. The van der Waals surface area contributed by atoms with Crippen molar-refractivity contribution in [3.05, 3.63) is 29.8 Å². The quantitative estimate of drug-likeness (QED) is 0.799. The summed E-state index contributed by atoms with van der Waals surface area (Å²) in [7, 11) is 0. The summed E-state index contributed by atoms with van der Waals surface area (Å²) >= 11 is 0. The SMILES string of the molecule is N#CCc1ccc(N2CC3(CCOCC3)C2)cc1. The minimum atomic E-state index is 0.502. The molecule has 1 aromatic rings. The fraction of sp³-hybridized carbons (Fsp3) is 0.533. The molecule has 0 saturated carbocycles. The molecule has 2 heterocycles. The largest absolute Gasteiger partial charge is 0.381 e. The van der Waals surface area contributed by atoms with Crippen molar-refractivity contribution in [1.29, 1.82) is 5.26 Å². The van der Waals surface area contributed by atoms with Gasteiger partial charge < -0.3 is 9.64 Å². The highest BCUT2D eigenvalue weighted by Crippen LogP contribution is 2.41. The Hall–Kier alpha value is -1.53. The molecule has 0 unspecified atom stereocenters. The summed E-state index contributed by atoms with van der Waals surface area (Å²) in [5.74, 6) is 0. The van der Waals surface area contributed by atoms with Crippen LogP contribution in [0.4, 0.5) is 5.69 Å². The molecule has 0 bridgehead atoms. The molecule has 0 N–H and O–H groups in total. The predicted molar refractivity (Wildman–Crippen MR) is 70.5 cm³/mol. The van der Waals surface area contributed by atoms with Crippen LogP contribution in [0.25, 0.3) is 0 Å². The minimum Gasteiger partial charge on any atom is -0.381 e. The van der Waals surface area contributed by atoms with Crippen molar-refractivity contribution in [2.45, 2.75) is 19.3 Å². The van der Waals surface area contributed by atoms with E-state index in [4.69, 9.17) is 10.00 Å². The molecule has 2 fully saturated rings. The summed E-state index contributed by atoms with van der Waals surface area (Å²) in [6, 6.07) is 10.6. The Morgan fingerprint density at radius 2 is 1.83 bits per heavy atom. The third-order valence-corrected chi connectivity index (χ3v) is 4.19. The number of anilines is 1. The lowest BCUT2D eigenvalue weighted by Gasteiger charge is -2.53. The van der Waals surface area contributed by atoms with E-state index >= 15 is 0 Å². The van der Waals surface area contributed by atoms with E-state index in [1.54, 1.807) is 0 Å². The number of hydrogen-bond acceptors (Lipinski definition) is 3. The van der Waals surface area contributed by atoms with Crippen molar-refractivity contribution >= 4 is 5.69 Å². The Labute approximate surface area is 108 Å². The van der Waals surface area contributed by atoms with Crippen LogP contribution in [0, 0.1) is 16.7 Å². The molecule has 2 aliphatic rings. The topological polar surface area (TPSA) is 36.3 Å². The summed E-state index contributed by atoms with van der Waals surface area (Å²) in [5, 5.41) is 8.65. The smallest absolute Gasteiger partial charge is 0.0669 e. The van der Waals surface area contributed by atoms with Crippen LogP contribution in [-0.4, -0.2) is 26.3 Å². The molecule has 18 heavy (non-hydrogen) atoms. The standard InChI is InChI=1S/C15H18N2O/c16-8-5-13-1-3-14(4-2-13)17-11-15(12-17)6-9-18-10-7-15/h1-4H,5-7,9-12H2. The Morgan fingerprint density at radius 3 is 2.44 bits per heavy atom. The summed E-state index contributed by atoms with van der Waals surface area (Å²) in [4.78, 5) is 2.43. The van der Waals surface area contributed by atoms with Gasteiger partial charge >= 0.3 is 0 Å². The van der Waals surface area contributed by atoms with Crippen LogP contribution in [0.3, 0.4) is 0 Å². The first-order valence-corrected chi connectivity index (χ1v) is 6.60. The minimum absolute atomic E-state index is 0.502. The number of rotatable bonds is 2. The van der Waals surface area contributed by atoms with Crippen molar-refractivity contribution in [2.24, 2.45) is 5.41 Å². The summed E-state index contributed by atoms with van der Waals surface area (Å²) in [5.41, 5.74) is 2.90. The van der Waals surface area contributed by atoms with Gasteiger partial charge in [-0.2, -0.15) is 5.26 Å². The molecule has 2 saturated heterocycles. The van der Waals surface area contributed by atoms with E-state index in [9.17, 15) is 0 Å². The van der Waals surface area contributed by atoms with Gasteiger partial charge in [0.2, 0.25) is 0 Å². The summed E-state index contributed by atoms with van der Waals surface area (Å²) in [6.45, 7) is 4.17. The maximum Gasteiger partial charge on any atom is 0.0669 e. The van der Waals surface area contributed by atoms with Gasteiger partial charge in [-0.05, 0) is 30.5 Å². The lowest BCUT2D eigenvalue weighted by molar-refractivity contribution is -0.000190. The molecule has 0 atom stereocenters. The molecule has 94 valence electrons. The van der Waals surface area contributed by atoms with Crippen LogP contribution in [0.15, 0.2) is 24.3 Å². The van der Waals surface area contributed by atoms with E-state index in [1.807, 2.05) is 0 Å². The van der Waals surface area contributed by atoms with Crippen molar-refractivity contribution in [1.82, 2.24) is 0 Å². The third-order valence-electron chi connectivity index (χ3n) is 4.19. The van der Waals surface area contributed by atoms with Gasteiger partial charge in [-0.25, -0.2) is 0 Å². The Balaban J connectivity index is 1.62. The van der Waals surface area contributed by atoms with Gasteiger partial charge in [-0.15, -0.1) is 0 Å². The third kappa shape index (κ3) is 2.09. The first kappa shape index (κ1) is 11.6. The summed E-state index contributed by atoms with van der Waals surface area (Å²) < 4.78 is 5.44. The second kappa shape index (κ2) is 4.62. The highest BCUT2D eigenvalue weighted by atomic mass is 16.5. The Bertz CT molecular complexity index is 446. The fourth-order valence-corrected chi connectivity index (χ4v) is 2.98. The van der Waals surface area contributed by atoms with E-state index in [2.05, 4.69) is 35.2 Å². The van der Waals surface area contributed by atoms with Gasteiger partial charge in [0, 0.05) is 37.4 Å². The first-order chi connectivity index (χ1) is 8.81. The van der Waals surface area contributed by atoms with Crippen LogP contribution in [0.5, 0.6) is 0 Å². The van der Waals surface area contributed by atoms with E-state index in [0.717, 1.165) is 31.9 Å². The van der Waals surface area contributed by atoms with Crippen molar-refractivity contribution < 1.29 is 4.74 Å². The van der Waals surface area contributed by atoms with Gasteiger partial charge in [-0.3, -0.25) is 0 Å². The van der Waals surface area contributed by atoms with Gasteiger partial charge in [0.1, 0.15) is 0 Å². The van der Waals surface area contributed by atoms with E-state index in [-0.39, 0.29) is 0 Å². The number of hydrogen-bond donors (Lipinski definition) is 0. The molecule has 0 aromatic heterocycles. The second-order valence-corrected chi connectivity index (χ2v) is 5.47. The van der Waals surface area contributed by atoms with Crippen LogP contribution in [-0.2, 0) is 11.2 Å². The lowest BCUT2D eigenvalue weighted by Crippen LogP contribution is -2.58. The van der Waals surface area contributed by atoms with E-state index < -0.39 is 0 Å². The van der Waals surface area contributed by atoms with Crippen molar-refractivity contribution in [3.8, 4) is 6.07 Å². The average Bonchev–Trinajstić information content (AvgIpc) is 2.38. The van der Waals surface area contributed by atoms with Crippen LogP contribution in [0.1, 0.15) is 18.4 Å². The Morgan fingerprint density at radius 1 is 1.17 bits per heavy atom. The molecule has 0 radical (unpaired) electrons. The van der Waals surface area contributed by atoms with Gasteiger partial charge in [0.05, 0.1) is 12.5 Å². The predicted octanol–water partition coefficient (Wildman–Crippen LogP) is 2.37. The fourth-order valence-electron chi connectivity index (χ4n) is 2.98. The molecule has 0 amide bonds. The normalized spacial score (nSPS) is 21.4. The maximum atomic E-state index is 8.65. The number of nitrogens with zero attached hydrogens (tertiary/aromatic N) is 2. The number of nitriles is 1. The lowest BCUT2D eigenvalue weighted by atomic mass is 9.73. The molecule has 1 spiro atoms. The highest BCUT2D eigenvalue weighted by molar-refractivity contribution is 5.51. The van der Waals surface area contributed by atoms with Crippen LogP contribution < -0.4 is 4.90 Å². The molecule has 3 heteroatoms. The number of benzene rings is 1. The van der Waals surface area contributed by atoms with Gasteiger partial charge in [-0.1, -0.05) is 12.1 Å². The second-order valence-electron chi connectivity index (χ2n) is 5.47. The van der Waals surface area contributed by atoms with Crippen LogP contribution >= 0.6 is 0 Å². The van der Waals surface area contributed by atoms with Crippen molar-refractivity contribution in [3.63, 3.8) is 0 Å². The van der Waals surface area contributed by atoms with E-state index in [1.165, 1.54) is 18.5 Å². The molecule has 1 aromatic carbocycles. The highest BCUT2D eigenvalue weighted by Gasteiger charge is 2.43.